The number of aromatic nitrogens is 1. The molecule has 1 atom stereocenters. The van der Waals surface area contributed by atoms with Crippen LogP contribution in [0, 0.1) is 12.7 Å². The minimum Gasteiger partial charge on any atom is -0.313 e. The Hall–Kier alpha value is -0.780. The molecule has 0 aliphatic rings. The quantitative estimate of drug-likeness (QED) is 0.775. The van der Waals surface area contributed by atoms with E-state index in [1.54, 1.807) is 17.4 Å². The van der Waals surface area contributed by atoms with E-state index in [9.17, 15) is 4.39 Å². The second-order valence-corrected chi connectivity index (χ2v) is 7.13. The smallest absolute Gasteiger partial charge is 0.126 e. The average molecular weight is 371 g/mol. The molecule has 0 aliphatic carbocycles. The third-order valence-corrected chi connectivity index (χ3v) is 4.59. The SMILES string of the molecule is CCCNC(Cc1csc(C)n1)Cc1cc(Br)ccc1F. The van der Waals surface area contributed by atoms with Crippen LogP contribution in [0.5, 0.6) is 0 Å². The Kier molecular flexibility index (Phi) is 6.33. The van der Waals surface area contributed by atoms with Crippen molar-refractivity contribution in [1.29, 1.82) is 0 Å². The van der Waals surface area contributed by atoms with Crippen LogP contribution in [0.4, 0.5) is 4.39 Å². The van der Waals surface area contributed by atoms with Crippen LogP contribution in [0.3, 0.4) is 0 Å². The van der Waals surface area contributed by atoms with Gasteiger partial charge in [0.15, 0.2) is 0 Å². The van der Waals surface area contributed by atoms with E-state index < -0.39 is 0 Å². The summed E-state index contributed by atoms with van der Waals surface area (Å²) in [5, 5.41) is 6.67. The van der Waals surface area contributed by atoms with Crippen LogP contribution < -0.4 is 5.32 Å². The Morgan fingerprint density at radius 3 is 2.86 bits per heavy atom. The van der Waals surface area contributed by atoms with Gasteiger partial charge in [0.25, 0.3) is 0 Å². The molecule has 1 heterocycles. The highest BCUT2D eigenvalue weighted by Gasteiger charge is 2.14. The summed E-state index contributed by atoms with van der Waals surface area (Å²) in [5.74, 6) is -0.143. The lowest BCUT2D eigenvalue weighted by molar-refractivity contribution is 0.489. The molecular formula is C16H20BrFN2S. The minimum atomic E-state index is -0.143. The van der Waals surface area contributed by atoms with Crippen LogP contribution in [-0.2, 0) is 12.8 Å². The zero-order valence-corrected chi connectivity index (χ0v) is 14.7. The van der Waals surface area contributed by atoms with Crippen molar-refractivity contribution in [3.05, 3.63) is 50.1 Å². The number of nitrogens with one attached hydrogen (secondary N) is 1. The average Bonchev–Trinajstić information content (AvgIpc) is 2.85. The zero-order chi connectivity index (χ0) is 15.2. The molecule has 0 spiro atoms. The van der Waals surface area contributed by atoms with E-state index in [1.807, 2.05) is 13.0 Å². The zero-order valence-electron chi connectivity index (χ0n) is 12.3. The van der Waals surface area contributed by atoms with Gasteiger partial charge in [-0.1, -0.05) is 22.9 Å². The number of thiazole rings is 1. The van der Waals surface area contributed by atoms with Gasteiger partial charge in [-0.15, -0.1) is 11.3 Å². The van der Waals surface area contributed by atoms with Gasteiger partial charge in [-0.3, -0.25) is 0 Å². The molecule has 0 fully saturated rings. The molecule has 1 N–H and O–H groups in total. The summed E-state index contributed by atoms with van der Waals surface area (Å²) in [5.41, 5.74) is 1.83. The number of hydrogen-bond acceptors (Lipinski definition) is 3. The molecule has 21 heavy (non-hydrogen) atoms. The summed E-state index contributed by atoms with van der Waals surface area (Å²) in [7, 11) is 0. The fraction of sp³-hybridized carbons (Fsp3) is 0.438. The summed E-state index contributed by atoms with van der Waals surface area (Å²) in [6.07, 6.45) is 2.56. The Balaban J connectivity index is 2.09. The van der Waals surface area contributed by atoms with Crippen molar-refractivity contribution < 1.29 is 4.39 Å². The van der Waals surface area contributed by atoms with Gasteiger partial charge in [0.1, 0.15) is 5.82 Å². The predicted molar refractivity (Wildman–Crippen MR) is 90.4 cm³/mol. The molecule has 2 nitrogen and oxygen atoms in total. The van der Waals surface area contributed by atoms with Gasteiger partial charge in [0.05, 0.1) is 10.7 Å². The molecule has 0 saturated carbocycles. The van der Waals surface area contributed by atoms with E-state index in [1.165, 1.54) is 6.07 Å². The lowest BCUT2D eigenvalue weighted by atomic mass is 10.0. The van der Waals surface area contributed by atoms with Crippen LogP contribution in [0.25, 0.3) is 0 Å². The third-order valence-electron chi connectivity index (χ3n) is 3.28. The van der Waals surface area contributed by atoms with Crippen molar-refractivity contribution in [3.63, 3.8) is 0 Å². The molecule has 1 aromatic heterocycles. The number of benzene rings is 1. The van der Waals surface area contributed by atoms with Gasteiger partial charge in [0.2, 0.25) is 0 Å². The summed E-state index contributed by atoms with van der Waals surface area (Å²) >= 11 is 5.07. The van der Waals surface area contributed by atoms with Crippen molar-refractivity contribution in [2.24, 2.45) is 0 Å². The number of nitrogens with zero attached hydrogens (tertiary/aromatic N) is 1. The topological polar surface area (TPSA) is 24.9 Å². The monoisotopic (exact) mass is 370 g/mol. The normalized spacial score (nSPS) is 12.6. The lowest BCUT2D eigenvalue weighted by Gasteiger charge is -2.18. The first-order valence-electron chi connectivity index (χ1n) is 7.16. The van der Waals surface area contributed by atoms with Crippen LogP contribution in [0.2, 0.25) is 0 Å². The van der Waals surface area contributed by atoms with Gasteiger partial charge in [-0.2, -0.15) is 0 Å². The highest BCUT2D eigenvalue weighted by Crippen LogP contribution is 2.19. The highest BCUT2D eigenvalue weighted by atomic mass is 79.9. The van der Waals surface area contributed by atoms with Gasteiger partial charge in [-0.05, 0) is 50.1 Å². The molecule has 0 bridgehead atoms. The number of hydrogen-bond donors (Lipinski definition) is 1. The first kappa shape index (κ1) is 16.6. The molecule has 1 aromatic carbocycles. The van der Waals surface area contributed by atoms with E-state index in [0.29, 0.717) is 6.42 Å². The fourth-order valence-corrected chi connectivity index (χ4v) is 3.32. The van der Waals surface area contributed by atoms with Crippen molar-refractivity contribution in [3.8, 4) is 0 Å². The van der Waals surface area contributed by atoms with Crippen LogP contribution in [-0.4, -0.2) is 17.6 Å². The van der Waals surface area contributed by atoms with Gasteiger partial charge < -0.3 is 5.32 Å². The summed E-state index contributed by atoms with van der Waals surface area (Å²) in [4.78, 5) is 4.52. The highest BCUT2D eigenvalue weighted by molar-refractivity contribution is 9.10. The summed E-state index contributed by atoms with van der Waals surface area (Å²) in [6.45, 7) is 5.08. The van der Waals surface area contributed by atoms with E-state index in [0.717, 1.165) is 40.1 Å². The Labute approximate surface area is 137 Å². The number of halogens is 2. The maximum Gasteiger partial charge on any atom is 0.126 e. The van der Waals surface area contributed by atoms with Crippen molar-refractivity contribution in [1.82, 2.24) is 10.3 Å². The molecule has 2 rings (SSSR count). The fourth-order valence-electron chi connectivity index (χ4n) is 2.28. The maximum atomic E-state index is 13.9. The molecule has 1 unspecified atom stereocenters. The number of rotatable bonds is 7. The molecular weight excluding hydrogens is 351 g/mol. The number of aryl methyl sites for hydroxylation is 1. The third kappa shape index (κ3) is 5.16. The molecule has 2 aromatic rings. The largest absolute Gasteiger partial charge is 0.313 e. The standard InChI is InChI=1S/C16H20BrFN2S/c1-3-6-19-14(9-15-10-21-11(2)20-15)8-12-7-13(17)4-5-16(12)18/h4-5,7,10,14,19H,3,6,8-9H2,1-2H3. The van der Waals surface area contributed by atoms with Crippen molar-refractivity contribution in [2.75, 3.05) is 6.54 Å². The minimum absolute atomic E-state index is 0.143. The predicted octanol–water partition coefficient (Wildman–Crippen LogP) is 4.51. The first-order valence-corrected chi connectivity index (χ1v) is 8.84. The van der Waals surface area contributed by atoms with E-state index in [4.69, 9.17) is 0 Å². The van der Waals surface area contributed by atoms with E-state index in [-0.39, 0.29) is 11.9 Å². The van der Waals surface area contributed by atoms with Gasteiger partial charge in [-0.25, -0.2) is 9.37 Å². The van der Waals surface area contributed by atoms with Crippen molar-refractivity contribution in [2.45, 2.75) is 39.2 Å². The molecule has 0 saturated heterocycles. The maximum absolute atomic E-state index is 13.9. The molecule has 0 aliphatic heterocycles. The first-order chi connectivity index (χ1) is 10.1. The van der Waals surface area contributed by atoms with Crippen LogP contribution >= 0.6 is 27.3 Å². The molecule has 0 amide bonds. The second-order valence-electron chi connectivity index (χ2n) is 5.15. The Morgan fingerprint density at radius 2 is 2.19 bits per heavy atom. The summed E-state index contributed by atoms with van der Waals surface area (Å²) in [6, 6.07) is 5.32. The lowest BCUT2D eigenvalue weighted by Crippen LogP contribution is -2.34. The molecule has 114 valence electrons. The van der Waals surface area contributed by atoms with Gasteiger partial charge >= 0.3 is 0 Å². The van der Waals surface area contributed by atoms with E-state index >= 15 is 0 Å². The summed E-state index contributed by atoms with van der Waals surface area (Å²) < 4.78 is 14.8. The van der Waals surface area contributed by atoms with Crippen molar-refractivity contribution >= 4 is 27.3 Å². The second kappa shape index (κ2) is 8.01. The van der Waals surface area contributed by atoms with Crippen LogP contribution in [0.15, 0.2) is 28.1 Å². The molecule has 5 heteroatoms. The Bertz CT molecular complexity index is 585. The van der Waals surface area contributed by atoms with Crippen LogP contribution in [0.1, 0.15) is 29.6 Å². The molecule has 0 radical (unpaired) electrons. The Morgan fingerprint density at radius 1 is 1.38 bits per heavy atom. The van der Waals surface area contributed by atoms with E-state index in [2.05, 4.69) is 38.5 Å². The van der Waals surface area contributed by atoms with Gasteiger partial charge in [0, 0.05) is 22.3 Å².